The van der Waals surface area contributed by atoms with Crippen molar-refractivity contribution >= 4 is 21.7 Å². The van der Waals surface area contributed by atoms with Crippen LogP contribution in [0, 0.1) is 0 Å². The molecule has 0 atom stereocenters. The molecule has 3 rings (SSSR count). The monoisotopic (exact) mass is 400 g/mol. The summed E-state index contributed by atoms with van der Waals surface area (Å²) in [5, 5.41) is 0. The number of benzene rings is 1. The lowest BCUT2D eigenvalue weighted by atomic mass is 10.1. The van der Waals surface area contributed by atoms with Crippen molar-refractivity contribution in [3.8, 4) is 17.4 Å². The Morgan fingerprint density at radius 3 is 2.64 bits per heavy atom. The van der Waals surface area contributed by atoms with Crippen LogP contribution in [-0.2, 0) is 7.05 Å². The topological polar surface area (TPSA) is 87.0 Å². The minimum atomic E-state index is -0.310. The first kappa shape index (κ1) is 17.0. The van der Waals surface area contributed by atoms with Gasteiger partial charge in [-0.15, -0.1) is 0 Å². The molecule has 0 radical (unpaired) electrons. The molecule has 0 saturated heterocycles. The van der Waals surface area contributed by atoms with Crippen LogP contribution in [0.4, 0.5) is 0 Å². The van der Waals surface area contributed by atoms with Gasteiger partial charge in [-0.05, 0) is 18.2 Å². The van der Waals surface area contributed by atoms with E-state index in [4.69, 9.17) is 4.74 Å². The molecule has 0 aliphatic rings. The average molecular weight is 401 g/mol. The van der Waals surface area contributed by atoms with E-state index in [1.807, 2.05) is 0 Å². The molecular formula is C17H13BrN4O3. The smallest absolute Gasteiger partial charge is 0.299 e. The lowest BCUT2D eigenvalue weighted by molar-refractivity contribution is 0.0910. The molecular weight excluding hydrogens is 388 g/mol. The second-order valence-electron chi connectivity index (χ2n) is 5.13. The van der Waals surface area contributed by atoms with E-state index in [0.717, 1.165) is 4.47 Å². The van der Waals surface area contributed by atoms with Crippen molar-refractivity contribution in [3.63, 3.8) is 0 Å². The maximum Gasteiger partial charge on any atom is 0.299 e. The van der Waals surface area contributed by atoms with Crippen molar-refractivity contribution in [1.82, 2.24) is 19.5 Å². The minimum Gasteiger partial charge on any atom is -0.456 e. The van der Waals surface area contributed by atoms with Gasteiger partial charge in [0.2, 0.25) is 0 Å². The second-order valence-corrected chi connectivity index (χ2v) is 6.05. The van der Waals surface area contributed by atoms with Gasteiger partial charge in [-0.1, -0.05) is 28.1 Å². The molecule has 0 fully saturated rings. The lowest BCUT2D eigenvalue weighted by Gasteiger charge is -2.10. The van der Waals surface area contributed by atoms with Gasteiger partial charge in [0, 0.05) is 29.3 Å². The van der Waals surface area contributed by atoms with Crippen LogP contribution in [0.2, 0.25) is 0 Å². The highest BCUT2D eigenvalue weighted by Crippen LogP contribution is 2.15. The zero-order chi connectivity index (χ0) is 17.8. The quantitative estimate of drug-likeness (QED) is 0.610. The summed E-state index contributed by atoms with van der Waals surface area (Å²) in [6.07, 6.45) is 2.92. The third-order valence-electron chi connectivity index (χ3n) is 3.44. The van der Waals surface area contributed by atoms with Gasteiger partial charge in [-0.3, -0.25) is 14.2 Å². The molecule has 1 aromatic carbocycles. The van der Waals surface area contributed by atoms with E-state index in [9.17, 15) is 9.59 Å². The van der Waals surface area contributed by atoms with Gasteiger partial charge in [0.15, 0.2) is 12.4 Å². The first-order chi connectivity index (χ1) is 12.0. The molecule has 3 aromatic rings. The number of halogens is 1. The number of rotatable bonds is 5. The average Bonchev–Trinajstić information content (AvgIpc) is 2.64. The maximum atomic E-state index is 12.2. The van der Waals surface area contributed by atoms with Crippen LogP contribution < -0.4 is 10.3 Å². The Balaban J connectivity index is 1.82. The van der Waals surface area contributed by atoms with Gasteiger partial charge in [-0.25, -0.2) is 9.97 Å². The van der Waals surface area contributed by atoms with Crippen molar-refractivity contribution < 1.29 is 9.53 Å². The third-order valence-corrected chi connectivity index (χ3v) is 3.97. The van der Waals surface area contributed by atoms with Crippen molar-refractivity contribution in [1.29, 1.82) is 0 Å². The highest BCUT2D eigenvalue weighted by molar-refractivity contribution is 9.10. The molecule has 0 aliphatic heterocycles. The number of ether oxygens (including phenoxy) is 1. The Hall–Kier alpha value is -2.87. The van der Waals surface area contributed by atoms with Crippen molar-refractivity contribution in [2.45, 2.75) is 0 Å². The standard InChI is InChI=1S/C17H13BrN4O3/c1-22-16(24)8-14(13-6-7-19-10-20-13)21-17(22)25-9-15(23)11-2-4-12(18)5-3-11/h2-8,10H,9H2,1H3. The van der Waals surface area contributed by atoms with E-state index in [2.05, 4.69) is 30.9 Å². The van der Waals surface area contributed by atoms with Gasteiger partial charge in [0.05, 0.1) is 11.4 Å². The van der Waals surface area contributed by atoms with E-state index >= 15 is 0 Å². The van der Waals surface area contributed by atoms with Gasteiger partial charge in [-0.2, -0.15) is 4.98 Å². The Labute approximate surface area is 151 Å². The molecule has 2 heterocycles. The molecule has 2 aromatic heterocycles. The Morgan fingerprint density at radius 2 is 1.96 bits per heavy atom. The van der Waals surface area contributed by atoms with Gasteiger partial charge < -0.3 is 4.74 Å². The predicted octanol–water partition coefficient (Wildman–Crippen LogP) is 2.26. The summed E-state index contributed by atoms with van der Waals surface area (Å²) < 4.78 is 7.59. The van der Waals surface area contributed by atoms with Crippen LogP contribution in [0.3, 0.4) is 0 Å². The van der Waals surface area contributed by atoms with E-state index in [1.54, 1.807) is 36.5 Å². The fraction of sp³-hybridized carbons (Fsp3) is 0.118. The number of aromatic nitrogens is 4. The second kappa shape index (κ2) is 7.35. The van der Waals surface area contributed by atoms with Crippen LogP contribution in [0.15, 0.2) is 58.2 Å². The summed E-state index contributed by atoms with van der Waals surface area (Å²) in [5.41, 5.74) is 1.06. The van der Waals surface area contributed by atoms with Crippen molar-refractivity contribution in [2.24, 2.45) is 7.05 Å². The van der Waals surface area contributed by atoms with E-state index in [-0.39, 0.29) is 24.0 Å². The highest BCUT2D eigenvalue weighted by Gasteiger charge is 2.12. The van der Waals surface area contributed by atoms with Crippen LogP contribution >= 0.6 is 15.9 Å². The van der Waals surface area contributed by atoms with Crippen LogP contribution in [0.5, 0.6) is 6.01 Å². The number of Topliss-reactive ketones (excluding diaryl/α,β-unsaturated/α-hetero) is 1. The van der Waals surface area contributed by atoms with E-state index in [1.165, 1.54) is 24.0 Å². The number of hydrogen-bond acceptors (Lipinski definition) is 6. The Morgan fingerprint density at radius 1 is 1.20 bits per heavy atom. The SMILES string of the molecule is Cn1c(OCC(=O)c2ccc(Br)cc2)nc(-c2ccncn2)cc1=O. The first-order valence-corrected chi connectivity index (χ1v) is 8.10. The molecule has 8 heteroatoms. The largest absolute Gasteiger partial charge is 0.456 e. The molecule has 0 spiro atoms. The number of carbonyl (C=O) groups excluding carboxylic acids is 1. The Bertz CT molecular complexity index is 956. The summed E-state index contributed by atoms with van der Waals surface area (Å²) in [6.45, 7) is -0.227. The first-order valence-electron chi connectivity index (χ1n) is 7.30. The van der Waals surface area contributed by atoms with Crippen molar-refractivity contribution in [2.75, 3.05) is 6.61 Å². The summed E-state index contributed by atoms with van der Waals surface area (Å²) in [7, 11) is 1.53. The highest BCUT2D eigenvalue weighted by atomic mass is 79.9. The molecule has 0 N–H and O–H groups in total. The van der Waals surface area contributed by atoms with Gasteiger partial charge in [0.25, 0.3) is 11.6 Å². The molecule has 7 nitrogen and oxygen atoms in total. The minimum absolute atomic E-state index is 0.0478. The molecule has 25 heavy (non-hydrogen) atoms. The molecule has 0 bridgehead atoms. The number of hydrogen-bond donors (Lipinski definition) is 0. The summed E-state index contributed by atoms with van der Waals surface area (Å²) in [6, 6.07) is 9.98. The van der Waals surface area contributed by atoms with E-state index in [0.29, 0.717) is 17.0 Å². The summed E-state index contributed by atoms with van der Waals surface area (Å²) in [5.74, 6) is -0.214. The fourth-order valence-corrected chi connectivity index (χ4v) is 2.33. The maximum absolute atomic E-state index is 12.2. The molecule has 126 valence electrons. The normalized spacial score (nSPS) is 10.5. The molecule has 0 saturated carbocycles. The fourth-order valence-electron chi connectivity index (χ4n) is 2.07. The zero-order valence-electron chi connectivity index (χ0n) is 13.2. The molecule has 0 amide bonds. The summed E-state index contributed by atoms with van der Waals surface area (Å²) >= 11 is 3.32. The number of ketones is 1. The number of carbonyl (C=O) groups is 1. The van der Waals surface area contributed by atoms with Gasteiger partial charge in [0.1, 0.15) is 6.33 Å². The van der Waals surface area contributed by atoms with Crippen LogP contribution in [-0.4, -0.2) is 31.9 Å². The van der Waals surface area contributed by atoms with Crippen molar-refractivity contribution in [3.05, 3.63) is 69.3 Å². The van der Waals surface area contributed by atoms with Crippen LogP contribution in [0.1, 0.15) is 10.4 Å². The van der Waals surface area contributed by atoms with E-state index < -0.39 is 0 Å². The lowest BCUT2D eigenvalue weighted by Crippen LogP contribution is -2.22. The predicted molar refractivity (Wildman–Crippen MR) is 94.5 cm³/mol. The zero-order valence-corrected chi connectivity index (χ0v) is 14.8. The molecule has 0 unspecified atom stereocenters. The number of nitrogens with zero attached hydrogens (tertiary/aromatic N) is 4. The summed E-state index contributed by atoms with van der Waals surface area (Å²) in [4.78, 5) is 36.5. The van der Waals surface area contributed by atoms with Gasteiger partial charge >= 0.3 is 0 Å². The van der Waals surface area contributed by atoms with Crippen LogP contribution in [0.25, 0.3) is 11.4 Å². The Kier molecular flexibility index (Phi) is 4.99. The third kappa shape index (κ3) is 3.97. The molecule has 0 aliphatic carbocycles.